The lowest BCUT2D eigenvalue weighted by Gasteiger charge is -2.04. The molecule has 1 saturated carbocycles. The van der Waals surface area contributed by atoms with Crippen molar-refractivity contribution in [3.63, 3.8) is 0 Å². The van der Waals surface area contributed by atoms with Gasteiger partial charge in [0.2, 0.25) is 10.0 Å². The van der Waals surface area contributed by atoms with Crippen molar-refractivity contribution < 1.29 is 8.42 Å². The minimum atomic E-state index is -3.41. The van der Waals surface area contributed by atoms with E-state index < -0.39 is 10.0 Å². The van der Waals surface area contributed by atoms with Gasteiger partial charge in [-0.3, -0.25) is 4.99 Å². The summed E-state index contributed by atoms with van der Waals surface area (Å²) in [5, 5.41) is 3.04. The van der Waals surface area contributed by atoms with Crippen LogP contribution in [0.4, 0.5) is 0 Å². The lowest BCUT2D eigenvalue weighted by Crippen LogP contribution is -2.34. The van der Waals surface area contributed by atoms with E-state index in [1.165, 1.54) is 11.3 Å². The normalized spacial score (nSPS) is 16.6. The number of nitrogens with two attached hydrogens (primary N) is 1. The summed E-state index contributed by atoms with van der Waals surface area (Å²) in [6.07, 6.45) is 2.25. The smallest absolute Gasteiger partial charge is 0.250 e. The largest absolute Gasteiger partial charge is 0.370 e. The van der Waals surface area contributed by atoms with Crippen molar-refractivity contribution in [2.24, 2.45) is 10.7 Å². The van der Waals surface area contributed by atoms with Crippen molar-refractivity contribution >= 4 is 27.3 Å². The predicted octanol–water partition coefficient (Wildman–Crippen LogP) is 0.402. The molecule has 0 atom stereocenters. The molecule has 19 heavy (non-hydrogen) atoms. The minimum Gasteiger partial charge on any atom is -0.370 e. The first-order valence-corrected chi connectivity index (χ1v) is 8.40. The van der Waals surface area contributed by atoms with Gasteiger partial charge in [0.05, 0.1) is 6.54 Å². The number of sulfonamides is 1. The van der Waals surface area contributed by atoms with Crippen molar-refractivity contribution in [3.05, 3.63) is 17.0 Å². The van der Waals surface area contributed by atoms with Crippen LogP contribution in [-0.2, 0) is 10.0 Å². The zero-order chi connectivity index (χ0) is 13.9. The van der Waals surface area contributed by atoms with Crippen molar-refractivity contribution in [2.45, 2.75) is 30.0 Å². The Hall–Kier alpha value is -1.12. The third kappa shape index (κ3) is 4.48. The Morgan fingerprint density at radius 3 is 2.84 bits per heavy atom. The zero-order valence-electron chi connectivity index (χ0n) is 10.7. The minimum absolute atomic E-state index is 0.242. The van der Waals surface area contributed by atoms with Crippen molar-refractivity contribution in [2.75, 3.05) is 13.1 Å². The van der Waals surface area contributed by atoms with Gasteiger partial charge in [0, 0.05) is 17.5 Å². The molecule has 2 rings (SSSR count). The second kappa shape index (κ2) is 5.89. The number of aliphatic imine (C=N–C) groups is 1. The molecule has 0 spiro atoms. The standard InChI is InChI=1S/C11H18N4O2S2/c1-8-2-5-10(18-8)19(16,17)14-7-6-13-11(12)15-9-3-4-9/h2,5,9,14H,3-4,6-7H2,1H3,(H3,12,13,15). The van der Waals surface area contributed by atoms with Crippen LogP contribution in [0, 0.1) is 6.92 Å². The summed E-state index contributed by atoms with van der Waals surface area (Å²) in [5.41, 5.74) is 5.64. The van der Waals surface area contributed by atoms with Gasteiger partial charge in [-0.05, 0) is 31.9 Å². The van der Waals surface area contributed by atoms with Crippen LogP contribution in [-0.4, -0.2) is 33.5 Å². The maximum absolute atomic E-state index is 11.9. The summed E-state index contributed by atoms with van der Waals surface area (Å²) < 4.78 is 26.6. The highest BCUT2D eigenvalue weighted by atomic mass is 32.2. The number of hydrogen-bond donors (Lipinski definition) is 3. The Morgan fingerprint density at radius 2 is 2.26 bits per heavy atom. The zero-order valence-corrected chi connectivity index (χ0v) is 12.4. The molecule has 8 heteroatoms. The average molecular weight is 302 g/mol. The van der Waals surface area contributed by atoms with Crippen LogP contribution in [0.3, 0.4) is 0 Å². The van der Waals surface area contributed by atoms with Crippen LogP contribution in [0.5, 0.6) is 0 Å². The number of nitrogens with one attached hydrogen (secondary N) is 2. The van der Waals surface area contributed by atoms with Crippen molar-refractivity contribution in [1.29, 1.82) is 0 Å². The van der Waals surface area contributed by atoms with Gasteiger partial charge in [-0.25, -0.2) is 13.1 Å². The van der Waals surface area contributed by atoms with Crippen LogP contribution in [0.25, 0.3) is 0 Å². The molecule has 0 unspecified atom stereocenters. The van der Waals surface area contributed by atoms with Crippen LogP contribution in [0.1, 0.15) is 17.7 Å². The molecule has 106 valence electrons. The summed E-state index contributed by atoms with van der Waals surface area (Å²) in [6, 6.07) is 3.85. The molecule has 1 heterocycles. The summed E-state index contributed by atoms with van der Waals surface area (Å²) in [7, 11) is -3.41. The van der Waals surface area contributed by atoms with E-state index in [0.717, 1.165) is 17.7 Å². The first-order valence-electron chi connectivity index (χ1n) is 6.10. The molecule has 1 fully saturated rings. The molecule has 6 nitrogen and oxygen atoms in total. The summed E-state index contributed by atoms with van der Waals surface area (Å²) in [6.45, 7) is 2.44. The molecule has 0 amide bonds. The summed E-state index contributed by atoms with van der Waals surface area (Å²) in [4.78, 5) is 5.03. The number of thiophene rings is 1. The van der Waals surface area contributed by atoms with E-state index >= 15 is 0 Å². The molecule has 1 aliphatic rings. The Kier molecular flexibility index (Phi) is 4.43. The highest BCUT2D eigenvalue weighted by Crippen LogP contribution is 2.20. The van der Waals surface area contributed by atoms with E-state index in [1.54, 1.807) is 12.1 Å². The second-order valence-corrected chi connectivity index (χ2v) is 7.73. The van der Waals surface area contributed by atoms with Crippen LogP contribution < -0.4 is 15.8 Å². The van der Waals surface area contributed by atoms with E-state index in [4.69, 9.17) is 5.73 Å². The Bertz CT molecular complexity index is 561. The maximum Gasteiger partial charge on any atom is 0.250 e. The number of hydrogen-bond acceptors (Lipinski definition) is 4. The third-order valence-electron chi connectivity index (χ3n) is 2.60. The molecule has 1 aromatic rings. The highest BCUT2D eigenvalue weighted by Gasteiger charge is 2.21. The van der Waals surface area contributed by atoms with E-state index in [-0.39, 0.29) is 6.54 Å². The van der Waals surface area contributed by atoms with Gasteiger partial charge in [-0.1, -0.05) is 0 Å². The monoisotopic (exact) mass is 302 g/mol. The maximum atomic E-state index is 11.9. The highest BCUT2D eigenvalue weighted by molar-refractivity contribution is 7.91. The molecule has 1 aromatic heterocycles. The molecule has 0 radical (unpaired) electrons. The van der Waals surface area contributed by atoms with Gasteiger partial charge < -0.3 is 11.1 Å². The van der Waals surface area contributed by atoms with Crippen LogP contribution >= 0.6 is 11.3 Å². The van der Waals surface area contributed by atoms with Gasteiger partial charge in [0.15, 0.2) is 5.96 Å². The fraction of sp³-hybridized carbons (Fsp3) is 0.545. The third-order valence-corrected chi connectivity index (χ3v) is 5.55. The van der Waals surface area contributed by atoms with Crippen LogP contribution in [0.15, 0.2) is 21.3 Å². The number of nitrogens with zero attached hydrogens (tertiary/aromatic N) is 1. The molecule has 4 N–H and O–H groups in total. The molecule has 0 aromatic carbocycles. The van der Waals surface area contributed by atoms with Crippen molar-refractivity contribution in [1.82, 2.24) is 10.0 Å². The lowest BCUT2D eigenvalue weighted by molar-refractivity contribution is 0.584. The average Bonchev–Trinajstić information content (AvgIpc) is 3.03. The van der Waals surface area contributed by atoms with Gasteiger partial charge >= 0.3 is 0 Å². The Morgan fingerprint density at radius 1 is 1.53 bits per heavy atom. The van der Waals surface area contributed by atoms with Gasteiger partial charge in [-0.2, -0.15) is 0 Å². The van der Waals surface area contributed by atoms with E-state index in [9.17, 15) is 8.42 Å². The quantitative estimate of drug-likeness (QED) is 0.402. The van der Waals surface area contributed by atoms with E-state index in [0.29, 0.717) is 22.8 Å². The Balaban J connectivity index is 1.78. The SMILES string of the molecule is Cc1ccc(S(=O)(=O)NCCN=C(N)NC2CC2)s1. The number of rotatable bonds is 6. The molecule has 0 saturated heterocycles. The van der Waals surface area contributed by atoms with Gasteiger partial charge in [0.25, 0.3) is 0 Å². The van der Waals surface area contributed by atoms with Gasteiger partial charge in [-0.15, -0.1) is 11.3 Å². The first-order chi connectivity index (χ1) is 8.97. The second-order valence-electron chi connectivity index (χ2n) is 4.45. The molecule has 0 bridgehead atoms. The summed E-state index contributed by atoms with van der Waals surface area (Å²) >= 11 is 1.25. The van der Waals surface area contributed by atoms with Crippen molar-refractivity contribution in [3.8, 4) is 0 Å². The lowest BCUT2D eigenvalue weighted by atomic mass is 10.5. The number of aryl methyl sites for hydroxylation is 1. The molecule has 0 aliphatic heterocycles. The topological polar surface area (TPSA) is 96.6 Å². The van der Waals surface area contributed by atoms with Crippen LogP contribution in [0.2, 0.25) is 0 Å². The first kappa shape index (κ1) is 14.3. The molecular weight excluding hydrogens is 284 g/mol. The Labute approximate surface area is 117 Å². The fourth-order valence-corrected chi connectivity index (χ4v) is 3.82. The predicted molar refractivity (Wildman–Crippen MR) is 76.9 cm³/mol. The molecular formula is C11H18N4O2S2. The molecule has 1 aliphatic carbocycles. The number of guanidine groups is 1. The summed E-state index contributed by atoms with van der Waals surface area (Å²) in [5.74, 6) is 0.383. The van der Waals surface area contributed by atoms with Gasteiger partial charge in [0.1, 0.15) is 4.21 Å². The van der Waals surface area contributed by atoms with E-state index in [1.807, 2.05) is 6.92 Å². The van der Waals surface area contributed by atoms with E-state index in [2.05, 4.69) is 15.0 Å². The fourth-order valence-electron chi connectivity index (χ4n) is 1.47.